The van der Waals surface area contributed by atoms with Gasteiger partial charge >= 0.3 is 5.97 Å². The van der Waals surface area contributed by atoms with Gasteiger partial charge in [0.2, 0.25) is 5.91 Å². The maximum Gasteiger partial charge on any atom is 0.303 e. The zero-order valence-electron chi connectivity index (χ0n) is 10.2. The fourth-order valence-electron chi connectivity index (χ4n) is 2.32. The number of aliphatic carboxylic acids is 1. The Morgan fingerprint density at radius 2 is 2.33 bits per heavy atom. The molecule has 2 rings (SSSR count). The molecule has 1 saturated heterocycles. The number of hydrogen-bond acceptors (Lipinski definition) is 3. The summed E-state index contributed by atoms with van der Waals surface area (Å²) >= 11 is 0. The van der Waals surface area contributed by atoms with Gasteiger partial charge in [0.1, 0.15) is 5.76 Å². The zero-order chi connectivity index (χ0) is 13.0. The number of carbonyl (C=O) groups is 2. The molecule has 2 heterocycles. The number of aryl methyl sites for hydroxylation is 1. The molecule has 0 aliphatic carbocycles. The molecule has 1 N–H and O–H groups in total. The minimum absolute atomic E-state index is 0.0827. The van der Waals surface area contributed by atoms with Crippen molar-refractivity contribution < 1.29 is 19.1 Å². The number of likely N-dealkylation sites (tertiary alicyclic amines) is 1. The molecule has 1 amide bonds. The lowest BCUT2D eigenvalue weighted by atomic mass is 10.1. The molecule has 0 bridgehead atoms. The standard InChI is InChI=1S/C13H17NO4/c15-12(4-3-11-2-1-7-18-11)14-6-5-10(9-14)8-13(16)17/h1-2,7,10H,3-6,8-9H2,(H,16,17). The van der Waals surface area contributed by atoms with E-state index in [4.69, 9.17) is 9.52 Å². The normalized spacial score (nSPS) is 19.1. The molecular weight excluding hydrogens is 234 g/mol. The van der Waals surface area contributed by atoms with Crippen LogP contribution < -0.4 is 0 Å². The largest absolute Gasteiger partial charge is 0.481 e. The van der Waals surface area contributed by atoms with Gasteiger partial charge in [-0.1, -0.05) is 0 Å². The molecule has 5 nitrogen and oxygen atoms in total. The number of amides is 1. The second kappa shape index (κ2) is 5.71. The van der Waals surface area contributed by atoms with Crippen molar-refractivity contribution >= 4 is 11.9 Å². The lowest BCUT2D eigenvalue weighted by Crippen LogP contribution is -2.29. The van der Waals surface area contributed by atoms with Crippen molar-refractivity contribution in [1.29, 1.82) is 0 Å². The van der Waals surface area contributed by atoms with Crippen LogP contribution in [-0.4, -0.2) is 35.0 Å². The van der Waals surface area contributed by atoms with Crippen molar-refractivity contribution in [3.05, 3.63) is 24.2 Å². The average molecular weight is 251 g/mol. The molecule has 5 heteroatoms. The van der Waals surface area contributed by atoms with Gasteiger partial charge in [0.05, 0.1) is 6.26 Å². The van der Waals surface area contributed by atoms with Crippen LogP contribution in [0.5, 0.6) is 0 Å². The summed E-state index contributed by atoms with van der Waals surface area (Å²) in [4.78, 5) is 24.3. The van der Waals surface area contributed by atoms with Crippen LogP contribution in [0.3, 0.4) is 0 Å². The quantitative estimate of drug-likeness (QED) is 0.861. The molecule has 0 saturated carbocycles. The molecule has 0 radical (unpaired) electrons. The van der Waals surface area contributed by atoms with E-state index in [1.54, 1.807) is 17.2 Å². The topological polar surface area (TPSA) is 70.8 Å². The Labute approximate surface area is 105 Å². The molecule has 1 atom stereocenters. The Balaban J connectivity index is 1.75. The number of furan rings is 1. The molecule has 0 spiro atoms. The maximum atomic E-state index is 11.9. The number of hydrogen-bond donors (Lipinski definition) is 1. The van der Waals surface area contributed by atoms with Crippen molar-refractivity contribution in [2.24, 2.45) is 5.92 Å². The molecule has 1 aromatic rings. The summed E-state index contributed by atoms with van der Waals surface area (Å²) in [6.45, 7) is 1.25. The predicted octanol–water partition coefficient (Wildman–Crippen LogP) is 1.54. The first-order chi connectivity index (χ1) is 8.65. The molecule has 98 valence electrons. The van der Waals surface area contributed by atoms with Crippen LogP contribution in [0.25, 0.3) is 0 Å². The summed E-state index contributed by atoms with van der Waals surface area (Å²) < 4.78 is 5.17. The van der Waals surface area contributed by atoms with E-state index >= 15 is 0 Å². The Morgan fingerprint density at radius 1 is 1.50 bits per heavy atom. The summed E-state index contributed by atoms with van der Waals surface area (Å²) in [5, 5.41) is 8.71. The highest BCUT2D eigenvalue weighted by atomic mass is 16.4. The summed E-state index contributed by atoms with van der Waals surface area (Å²) in [6.07, 6.45) is 3.57. The van der Waals surface area contributed by atoms with E-state index < -0.39 is 5.97 Å². The number of carbonyl (C=O) groups excluding carboxylic acids is 1. The van der Waals surface area contributed by atoms with Crippen molar-refractivity contribution in [3.8, 4) is 0 Å². The maximum absolute atomic E-state index is 11.9. The van der Waals surface area contributed by atoms with E-state index in [0.717, 1.165) is 12.2 Å². The van der Waals surface area contributed by atoms with Gasteiger partial charge in [0.15, 0.2) is 0 Å². The Hall–Kier alpha value is -1.78. The molecule has 1 aromatic heterocycles. The highest BCUT2D eigenvalue weighted by Crippen LogP contribution is 2.20. The Kier molecular flexibility index (Phi) is 4.02. The van der Waals surface area contributed by atoms with Gasteiger partial charge in [0.25, 0.3) is 0 Å². The number of rotatable bonds is 5. The number of nitrogens with zero attached hydrogens (tertiary/aromatic N) is 1. The van der Waals surface area contributed by atoms with Crippen LogP contribution in [0.1, 0.15) is 25.0 Å². The SMILES string of the molecule is O=C(O)CC1CCN(C(=O)CCc2ccco2)C1. The fraction of sp³-hybridized carbons (Fsp3) is 0.538. The van der Waals surface area contributed by atoms with Crippen LogP contribution in [0.4, 0.5) is 0 Å². The van der Waals surface area contributed by atoms with Gasteiger partial charge < -0.3 is 14.4 Å². The van der Waals surface area contributed by atoms with Crippen molar-refractivity contribution in [2.45, 2.75) is 25.7 Å². The summed E-state index contributed by atoms with van der Waals surface area (Å²) in [7, 11) is 0. The lowest BCUT2D eigenvalue weighted by molar-refractivity contribution is -0.138. The second-order valence-electron chi connectivity index (χ2n) is 4.67. The minimum atomic E-state index is -0.787. The summed E-state index contributed by atoms with van der Waals surface area (Å²) in [5.41, 5.74) is 0. The van der Waals surface area contributed by atoms with E-state index in [0.29, 0.717) is 25.9 Å². The molecule has 18 heavy (non-hydrogen) atoms. The third-order valence-corrected chi connectivity index (χ3v) is 3.27. The fourth-order valence-corrected chi connectivity index (χ4v) is 2.32. The van der Waals surface area contributed by atoms with Gasteiger partial charge in [-0.25, -0.2) is 0 Å². The smallest absolute Gasteiger partial charge is 0.303 e. The molecule has 1 aliphatic heterocycles. The zero-order valence-corrected chi connectivity index (χ0v) is 10.2. The average Bonchev–Trinajstić information content (AvgIpc) is 2.95. The van der Waals surface area contributed by atoms with Crippen molar-refractivity contribution in [3.63, 3.8) is 0 Å². The van der Waals surface area contributed by atoms with E-state index in [1.807, 2.05) is 6.07 Å². The van der Waals surface area contributed by atoms with Crippen LogP contribution >= 0.6 is 0 Å². The molecular formula is C13H17NO4. The first-order valence-corrected chi connectivity index (χ1v) is 6.17. The highest BCUT2D eigenvalue weighted by molar-refractivity contribution is 5.77. The predicted molar refractivity (Wildman–Crippen MR) is 64.0 cm³/mol. The van der Waals surface area contributed by atoms with Crippen LogP contribution in [0.2, 0.25) is 0 Å². The molecule has 1 aliphatic rings. The first kappa shape index (κ1) is 12.7. The van der Waals surface area contributed by atoms with Crippen LogP contribution in [0.15, 0.2) is 22.8 Å². The van der Waals surface area contributed by atoms with Crippen LogP contribution in [0, 0.1) is 5.92 Å². The van der Waals surface area contributed by atoms with Crippen molar-refractivity contribution in [2.75, 3.05) is 13.1 Å². The lowest BCUT2D eigenvalue weighted by Gasteiger charge is -2.15. The van der Waals surface area contributed by atoms with Gasteiger partial charge in [0, 0.05) is 32.4 Å². The van der Waals surface area contributed by atoms with Gasteiger partial charge in [-0.05, 0) is 24.5 Å². The van der Waals surface area contributed by atoms with E-state index in [-0.39, 0.29) is 18.2 Å². The second-order valence-corrected chi connectivity index (χ2v) is 4.67. The monoisotopic (exact) mass is 251 g/mol. The van der Waals surface area contributed by atoms with E-state index in [9.17, 15) is 9.59 Å². The van der Waals surface area contributed by atoms with Gasteiger partial charge in [-0.15, -0.1) is 0 Å². The number of carboxylic acid groups (broad SMARTS) is 1. The number of carboxylic acids is 1. The van der Waals surface area contributed by atoms with Crippen LogP contribution in [-0.2, 0) is 16.0 Å². The molecule has 1 fully saturated rings. The highest BCUT2D eigenvalue weighted by Gasteiger charge is 2.27. The third kappa shape index (κ3) is 3.35. The Bertz CT molecular complexity index is 413. The molecule has 1 unspecified atom stereocenters. The Morgan fingerprint density at radius 3 is 3.00 bits per heavy atom. The summed E-state index contributed by atoms with van der Waals surface area (Å²) in [6, 6.07) is 3.66. The molecule has 0 aromatic carbocycles. The van der Waals surface area contributed by atoms with E-state index in [1.165, 1.54) is 0 Å². The van der Waals surface area contributed by atoms with Crippen molar-refractivity contribution in [1.82, 2.24) is 4.90 Å². The minimum Gasteiger partial charge on any atom is -0.481 e. The third-order valence-electron chi connectivity index (χ3n) is 3.27. The summed E-state index contributed by atoms with van der Waals surface area (Å²) in [5.74, 6) is 0.212. The van der Waals surface area contributed by atoms with Gasteiger partial charge in [-0.3, -0.25) is 9.59 Å². The first-order valence-electron chi connectivity index (χ1n) is 6.17. The van der Waals surface area contributed by atoms with E-state index in [2.05, 4.69) is 0 Å². The van der Waals surface area contributed by atoms with Gasteiger partial charge in [-0.2, -0.15) is 0 Å².